The Bertz CT molecular complexity index is 290. The Morgan fingerprint density at radius 1 is 1.20 bits per heavy atom. The molecule has 0 aromatic carbocycles. The summed E-state index contributed by atoms with van der Waals surface area (Å²) in [6.45, 7) is 12.4. The fourth-order valence-electron chi connectivity index (χ4n) is 3.14. The Kier molecular flexibility index (Phi) is 8.84. The number of rotatable bonds is 4. The number of hydrogen-bond acceptors (Lipinski definition) is 2. The Labute approximate surface area is 141 Å². The van der Waals surface area contributed by atoms with Gasteiger partial charge in [0.05, 0.1) is 6.54 Å². The van der Waals surface area contributed by atoms with E-state index in [1.54, 1.807) is 0 Å². The van der Waals surface area contributed by atoms with Gasteiger partial charge in [-0.25, -0.2) is 0 Å². The van der Waals surface area contributed by atoms with Gasteiger partial charge < -0.3 is 15.1 Å². The third-order valence-corrected chi connectivity index (χ3v) is 4.16. The van der Waals surface area contributed by atoms with Gasteiger partial charge in [0.1, 0.15) is 0 Å². The molecular weight excluding hydrogens is 363 g/mol. The van der Waals surface area contributed by atoms with E-state index in [0.29, 0.717) is 0 Å². The summed E-state index contributed by atoms with van der Waals surface area (Å²) in [6.07, 6.45) is 5.38. The summed E-state index contributed by atoms with van der Waals surface area (Å²) < 4.78 is 0. The summed E-state index contributed by atoms with van der Waals surface area (Å²) in [7, 11) is 0. The third kappa shape index (κ3) is 5.76. The molecule has 0 saturated carbocycles. The van der Waals surface area contributed by atoms with Gasteiger partial charge >= 0.3 is 0 Å². The first kappa shape index (κ1) is 18.0. The van der Waals surface area contributed by atoms with Gasteiger partial charge in [-0.2, -0.15) is 0 Å². The predicted molar refractivity (Wildman–Crippen MR) is 97.0 cm³/mol. The fourth-order valence-corrected chi connectivity index (χ4v) is 3.14. The molecule has 0 aromatic heterocycles. The van der Waals surface area contributed by atoms with Crippen LogP contribution in [0.15, 0.2) is 4.99 Å². The number of halogens is 1. The van der Waals surface area contributed by atoms with Gasteiger partial charge in [-0.15, -0.1) is 24.0 Å². The summed E-state index contributed by atoms with van der Waals surface area (Å²) in [5.74, 6) is 2.00. The van der Waals surface area contributed by atoms with E-state index in [4.69, 9.17) is 4.99 Å². The topological polar surface area (TPSA) is 30.9 Å². The van der Waals surface area contributed by atoms with Crippen LogP contribution in [-0.4, -0.2) is 61.6 Å². The van der Waals surface area contributed by atoms with E-state index >= 15 is 0 Å². The monoisotopic (exact) mass is 394 g/mol. The minimum atomic E-state index is 0. The van der Waals surface area contributed by atoms with Crippen LogP contribution in [0.4, 0.5) is 0 Å². The van der Waals surface area contributed by atoms with E-state index in [9.17, 15) is 0 Å². The van der Waals surface area contributed by atoms with Crippen LogP contribution in [0.1, 0.15) is 39.5 Å². The predicted octanol–water partition coefficient (Wildman–Crippen LogP) is 2.40. The first-order valence-electron chi connectivity index (χ1n) is 8.05. The molecule has 0 spiro atoms. The third-order valence-electron chi connectivity index (χ3n) is 4.16. The van der Waals surface area contributed by atoms with E-state index in [2.05, 4.69) is 29.0 Å². The lowest BCUT2D eigenvalue weighted by Crippen LogP contribution is -2.41. The highest BCUT2D eigenvalue weighted by Gasteiger charge is 2.17. The second-order valence-electron chi connectivity index (χ2n) is 5.98. The van der Waals surface area contributed by atoms with Crippen LogP contribution >= 0.6 is 24.0 Å². The number of hydrogen-bond donors (Lipinski definition) is 1. The van der Waals surface area contributed by atoms with Crippen LogP contribution in [-0.2, 0) is 0 Å². The summed E-state index contributed by atoms with van der Waals surface area (Å²) in [5.41, 5.74) is 0. The van der Waals surface area contributed by atoms with Gasteiger partial charge in [0.15, 0.2) is 5.96 Å². The average molecular weight is 394 g/mol. The summed E-state index contributed by atoms with van der Waals surface area (Å²) in [5, 5.41) is 3.43. The van der Waals surface area contributed by atoms with Crippen LogP contribution in [0.5, 0.6) is 0 Å². The molecule has 1 unspecified atom stereocenters. The van der Waals surface area contributed by atoms with Crippen LogP contribution in [0.3, 0.4) is 0 Å². The van der Waals surface area contributed by atoms with Crippen molar-refractivity contribution in [3.63, 3.8) is 0 Å². The SMILES string of the molecule is CCNC(=NCCN1CCCC(C)C1)N1CCCC1.I. The molecule has 1 atom stereocenters. The van der Waals surface area contributed by atoms with Crippen molar-refractivity contribution < 1.29 is 0 Å². The van der Waals surface area contributed by atoms with Crippen LogP contribution in [0.2, 0.25) is 0 Å². The van der Waals surface area contributed by atoms with Crippen molar-refractivity contribution in [2.45, 2.75) is 39.5 Å². The maximum Gasteiger partial charge on any atom is 0.193 e. The first-order chi connectivity index (χ1) is 9.29. The second kappa shape index (κ2) is 9.82. The molecule has 0 bridgehead atoms. The lowest BCUT2D eigenvalue weighted by atomic mass is 10.0. The Hall–Kier alpha value is -0.0400. The van der Waals surface area contributed by atoms with Crippen LogP contribution in [0.25, 0.3) is 0 Å². The molecule has 2 rings (SSSR count). The number of guanidine groups is 1. The summed E-state index contributed by atoms with van der Waals surface area (Å²) >= 11 is 0. The smallest absolute Gasteiger partial charge is 0.193 e. The summed E-state index contributed by atoms with van der Waals surface area (Å²) in [6, 6.07) is 0. The number of aliphatic imine (C=N–C) groups is 1. The molecule has 0 aliphatic carbocycles. The van der Waals surface area contributed by atoms with Crippen molar-refractivity contribution in [1.29, 1.82) is 0 Å². The highest BCUT2D eigenvalue weighted by Crippen LogP contribution is 2.14. The van der Waals surface area contributed by atoms with Crippen molar-refractivity contribution in [2.75, 3.05) is 45.8 Å². The van der Waals surface area contributed by atoms with E-state index in [-0.39, 0.29) is 24.0 Å². The fraction of sp³-hybridized carbons (Fsp3) is 0.933. The van der Waals surface area contributed by atoms with Crippen molar-refractivity contribution in [2.24, 2.45) is 10.9 Å². The molecule has 2 fully saturated rings. The summed E-state index contributed by atoms with van der Waals surface area (Å²) in [4.78, 5) is 9.78. The number of nitrogens with one attached hydrogen (secondary N) is 1. The van der Waals surface area contributed by atoms with Gasteiger partial charge in [-0.3, -0.25) is 4.99 Å². The largest absolute Gasteiger partial charge is 0.357 e. The molecule has 2 saturated heterocycles. The Balaban J connectivity index is 0.00000200. The molecule has 4 nitrogen and oxygen atoms in total. The van der Waals surface area contributed by atoms with Gasteiger partial charge in [0.25, 0.3) is 0 Å². The van der Waals surface area contributed by atoms with Gasteiger partial charge in [-0.05, 0) is 45.1 Å². The quantitative estimate of drug-likeness (QED) is 0.451. The van der Waals surface area contributed by atoms with Crippen LogP contribution < -0.4 is 5.32 Å². The van der Waals surface area contributed by atoms with Crippen molar-refractivity contribution in [3.8, 4) is 0 Å². The molecule has 0 amide bonds. The van der Waals surface area contributed by atoms with Crippen molar-refractivity contribution in [1.82, 2.24) is 15.1 Å². The van der Waals surface area contributed by atoms with E-state index in [0.717, 1.165) is 31.5 Å². The first-order valence-corrected chi connectivity index (χ1v) is 8.05. The van der Waals surface area contributed by atoms with Crippen molar-refractivity contribution >= 4 is 29.9 Å². The zero-order valence-corrected chi connectivity index (χ0v) is 15.4. The lowest BCUT2D eigenvalue weighted by molar-refractivity contribution is 0.188. The van der Waals surface area contributed by atoms with E-state index in [1.165, 1.54) is 51.9 Å². The second-order valence-corrected chi connectivity index (χ2v) is 5.98. The lowest BCUT2D eigenvalue weighted by Gasteiger charge is -2.30. The maximum atomic E-state index is 4.80. The van der Waals surface area contributed by atoms with Crippen LogP contribution in [0, 0.1) is 5.92 Å². The molecule has 118 valence electrons. The van der Waals surface area contributed by atoms with Gasteiger partial charge in [0.2, 0.25) is 0 Å². The van der Waals surface area contributed by atoms with Crippen molar-refractivity contribution in [3.05, 3.63) is 0 Å². The molecule has 1 N–H and O–H groups in total. The maximum absolute atomic E-state index is 4.80. The minimum Gasteiger partial charge on any atom is -0.357 e. The minimum absolute atomic E-state index is 0. The van der Waals surface area contributed by atoms with Gasteiger partial charge in [-0.1, -0.05) is 6.92 Å². The molecule has 20 heavy (non-hydrogen) atoms. The Morgan fingerprint density at radius 2 is 1.95 bits per heavy atom. The van der Waals surface area contributed by atoms with E-state index < -0.39 is 0 Å². The molecule has 0 radical (unpaired) electrons. The molecule has 2 heterocycles. The number of nitrogens with zero attached hydrogens (tertiary/aromatic N) is 3. The molecule has 5 heteroatoms. The van der Waals surface area contributed by atoms with E-state index in [1.807, 2.05) is 0 Å². The highest BCUT2D eigenvalue weighted by atomic mass is 127. The average Bonchev–Trinajstić information content (AvgIpc) is 2.91. The molecule has 0 aromatic rings. The highest BCUT2D eigenvalue weighted by molar-refractivity contribution is 14.0. The molecule has 2 aliphatic heterocycles. The molecule has 2 aliphatic rings. The van der Waals surface area contributed by atoms with Gasteiger partial charge in [0, 0.05) is 32.7 Å². The normalized spacial score (nSPS) is 24.6. The zero-order valence-electron chi connectivity index (χ0n) is 13.1. The Morgan fingerprint density at radius 3 is 2.60 bits per heavy atom. The zero-order chi connectivity index (χ0) is 13.5. The standard InChI is InChI=1S/C15H30N4.HI/c1-3-16-15(19-10-4-5-11-19)17-8-12-18-9-6-7-14(2)13-18;/h14H,3-13H2,1-2H3,(H,16,17);1H. The number of likely N-dealkylation sites (tertiary alicyclic amines) is 2. The molecular formula is C15H31IN4. The number of piperidine rings is 1.